The van der Waals surface area contributed by atoms with Gasteiger partial charge >= 0.3 is 12.1 Å². The number of rotatable bonds is 9. The number of esters is 1. The number of phenolic OH excluding ortho intramolecular Hbond substituents is 1. The molecule has 0 amide bonds. The quantitative estimate of drug-likeness (QED) is 0.183. The first-order chi connectivity index (χ1) is 17.9. The Bertz CT molecular complexity index is 1290. The number of aryl methyl sites for hydroxylation is 1. The maximum Gasteiger partial charge on any atom is 0.516 e. The topological polar surface area (TPSA) is 107 Å². The molecule has 37 heavy (non-hydrogen) atoms. The summed E-state index contributed by atoms with van der Waals surface area (Å²) in [4.78, 5) is 28.9. The highest BCUT2D eigenvalue weighted by molar-refractivity contribution is 9.10. The van der Waals surface area contributed by atoms with Gasteiger partial charge in [-0.3, -0.25) is 4.90 Å². The summed E-state index contributed by atoms with van der Waals surface area (Å²) in [5.74, 6) is -0.234. The number of hydrogen-bond donors (Lipinski definition) is 2. The zero-order chi connectivity index (χ0) is 26.5. The molecule has 1 fully saturated rings. The number of halogens is 1. The number of thioether (sulfide) groups is 1. The second kappa shape index (κ2) is 12.3. The zero-order valence-electron chi connectivity index (χ0n) is 21.1. The molecule has 0 atom stereocenters. The van der Waals surface area contributed by atoms with Crippen molar-refractivity contribution in [3.8, 4) is 5.75 Å². The second-order valence-electron chi connectivity index (χ2n) is 8.84. The lowest BCUT2D eigenvalue weighted by Gasteiger charge is -2.18. The fourth-order valence-corrected chi connectivity index (χ4v) is 6.18. The summed E-state index contributed by atoms with van der Waals surface area (Å²) in [6.45, 7) is 7.14. The molecule has 4 rings (SSSR count). The van der Waals surface area contributed by atoms with Crippen LogP contribution in [0.5, 0.6) is 5.75 Å². The van der Waals surface area contributed by atoms with Crippen molar-refractivity contribution in [1.29, 1.82) is 0 Å². The van der Waals surface area contributed by atoms with E-state index >= 15 is 0 Å². The molecule has 3 N–H and O–H groups in total. The average Bonchev–Trinajstić information content (AvgIpc) is 3.51. The number of hydrogen-bond acceptors (Lipinski definition) is 8. The predicted molar refractivity (Wildman–Crippen MR) is 148 cm³/mol. The lowest BCUT2D eigenvalue weighted by Crippen LogP contribution is -2.19. The number of nitrogens with zero attached hydrogens (tertiary/aromatic N) is 2. The fourth-order valence-electron chi connectivity index (χ4n) is 4.79. The first kappa shape index (κ1) is 27.5. The van der Waals surface area contributed by atoms with Gasteiger partial charge in [0.25, 0.3) is 0 Å². The molecule has 1 aliphatic heterocycles. The van der Waals surface area contributed by atoms with Crippen molar-refractivity contribution in [2.24, 2.45) is 5.73 Å². The van der Waals surface area contributed by atoms with Crippen molar-refractivity contribution in [2.45, 2.75) is 57.0 Å². The van der Waals surface area contributed by atoms with E-state index in [9.17, 15) is 14.7 Å². The van der Waals surface area contributed by atoms with E-state index in [-0.39, 0.29) is 17.9 Å². The fraction of sp³-hybridized carbons (Fsp3) is 0.407. The Labute approximate surface area is 229 Å². The van der Waals surface area contributed by atoms with Crippen LogP contribution >= 0.6 is 27.7 Å². The van der Waals surface area contributed by atoms with Crippen molar-refractivity contribution in [1.82, 2.24) is 9.47 Å². The Morgan fingerprint density at radius 2 is 1.86 bits per heavy atom. The minimum absolute atomic E-state index is 0.0921. The van der Waals surface area contributed by atoms with Crippen LogP contribution in [0, 0.1) is 0 Å². The Kier molecular flexibility index (Phi) is 9.17. The molecule has 3 aromatic rings. The van der Waals surface area contributed by atoms with Crippen LogP contribution in [0.15, 0.2) is 39.7 Å². The number of ether oxygens (including phenoxy) is 2. The standard InChI is InChI=1S/C27H32BrN3O5S/c1-3-31-21-13-20(28)25(32)19(15-30-11-5-6-12-30)23(21)24(26(33)36-27(34)35-4-2)22(31)16-37-18-9-7-17(14-29)8-10-18/h7-10,13,32H,3-6,11-12,14-16,29H2,1-2H3. The number of aromatic nitrogens is 1. The third-order valence-corrected chi connectivity index (χ3v) is 8.19. The molecule has 1 aliphatic rings. The molecule has 1 saturated heterocycles. The molecule has 0 aliphatic carbocycles. The SMILES string of the molecule is CCOC(=O)OC(=O)c1c(CSc2ccc(CN)cc2)n(CC)c2cc(Br)c(O)c(CN3CCCC3)c12. The van der Waals surface area contributed by atoms with E-state index in [0.29, 0.717) is 40.8 Å². The van der Waals surface area contributed by atoms with Crippen LogP contribution in [0.3, 0.4) is 0 Å². The molecular formula is C27H32BrN3O5S. The highest BCUT2D eigenvalue weighted by Gasteiger charge is 2.30. The Hall–Kier alpha value is -2.53. The van der Waals surface area contributed by atoms with Crippen LogP contribution in [-0.2, 0) is 34.9 Å². The average molecular weight is 591 g/mol. The molecule has 8 nitrogen and oxygen atoms in total. The summed E-state index contributed by atoms with van der Waals surface area (Å²) in [5.41, 5.74) is 9.22. The van der Waals surface area contributed by atoms with Crippen LogP contribution in [0.1, 0.15) is 53.9 Å². The van der Waals surface area contributed by atoms with Gasteiger partial charge in [-0.2, -0.15) is 0 Å². The third kappa shape index (κ3) is 5.98. The van der Waals surface area contributed by atoms with E-state index in [2.05, 4.69) is 25.4 Å². The first-order valence-corrected chi connectivity index (χ1v) is 14.2. The zero-order valence-corrected chi connectivity index (χ0v) is 23.5. The van der Waals surface area contributed by atoms with Gasteiger partial charge in [0.1, 0.15) is 5.75 Å². The summed E-state index contributed by atoms with van der Waals surface area (Å²) < 4.78 is 12.6. The number of aromatic hydroxyl groups is 1. The highest BCUT2D eigenvalue weighted by atomic mass is 79.9. The van der Waals surface area contributed by atoms with Gasteiger partial charge in [0.05, 0.1) is 22.2 Å². The van der Waals surface area contributed by atoms with E-state index in [1.807, 2.05) is 37.3 Å². The summed E-state index contributed by atoms with van der Waals surface area (Å²) >= 11 is 5.09. The molecule has 1 aromatic heterocycles. The number of carbonyl (C=O) groups excluding carboxylic acids is 2. The second-order valence-corrected chi connectivity index (χ2v) is 10.7. The van der Waals surface area contributed by atoms with Crippen LogP contribution in [-0.4, -0.2) is 46.4 Å². The third-order valence-electron chi connectivity index (χ3n) is 6.56. The van der Waals surface area contributed by atoms with Gasteiger partial charge in [0.15, 0.2) is 0 Å². The lowest BCUT2D eigenvalue weighted by atomic mass is 10.0. The minimum Gasteiger partial charge on any atom is -0.506 e. The van der Waals surface area contributed by atoms with Crippen molar-refractivity contribution in [3.63, 3.8) is 0 Å². The van der Waals surface area contributed by atoms with Crippen LogP contribution in [0.4, 0.5) is 4.79 Å². The van der Waals surface area contributed by atoms with Gasteiger partial charge in [-0.15, -0.1) is 11.8 Å². The van der Waals surface area contributed by atoms with Crippen molar-refractivity contribution >= 4 is 50.7 Å². The number of nitrogens with two attached hydrogens (primary N) is 1. The molecule has 0 bridgehead atoms. The summed E-state index contributed by atoms with van der Waals surface area (Å²) in [5, 5.41) is 11.7. The number of likely N-dealkylation sites (tertiary alicyclic amines) is 1. The van der Waals surface area contributed by atoms with Crippen LogP contribution in [0.25, 0.3) is 10.9 Å². The molecule has 198 valence electrons. The molecule has 0 spiro atoms. The van der Waals surface area contributed by atoms with Crippen LogP contribution in [0.2, 0.25) is 0 Å². The molecule has 2 aromatic carbocycles. The molecule has 0 unspecified atom stereocenters. The molecule has 0 radical (unpaired) electrons. The van der Waals surface area contributed by atoms with Gasteiger partial charge < -0.3 is 24.9 Å². The van der Waals surface area contributed by atoms with Crippen molar-refractivity contribution in [3.05, 3.63) is 57.2 Å². The molecule has 0 saturated carbocycles. The number of carbonyl (C=O) groups is 2. The van der Waals surface area contributed by atoms with Gasteiger partial charge in [-0.05, 0) is 79.5 Å². The Balaban J connectivity index is 1.85. The predicted octanol–water partition coefficient (Wildman–Crippen LogP) is 5.79. The first-order valence-electron chi connectivity index (χ1n) is 12.5. The smallest absolute Gasteiger partial charge is 0.506 e. The van der Waals surface area contributed by atoms with Crippen molar-refractivity contribution < 1.29 is 24.2 Å². The number of phenols is 1. The van der Waals surface area contributed by atoms with E-state index in [0.717, 1.165) is 47.6 Å². The van der Waals surface area contributed by atoms with Gasteiger partial charge in [0, 0.05) is 46.9 Å². The minimum atomic E-state index is -1.04. The number of benzene rings is 2. The summed E-state index contributed by atoms with van der Waals surface area (Å²) in [6, 6.07) is 9.80. The van der Waals surface area contributed by atoms with Crippen LogP contribution < -0.4 is 5.73 Å². The maximum atomic E-state index is 13.5. The van der Waals surface area contributed by atoms with E-state index in [4.69, 9.17) is 15.2 Å². The highest BCUT2D eigenvalue weighted by Crippen LogP contribution is 2.42. The van der Waals surface area contributed by atoms with Gasteiger partial charge in [-0.25, -0.2) is 9.59 Å². The normalized spacial score (nSPS) is 13.8. The Morgan fingerprint density at radius 3 is 2.49 bits per heavy atom. The molecule has 10 heteroatoms. The largest absolute Gasteiger partial charge is 0.516 e. The molecule has 2 heterocycles. The summed E-state index contributed by atoms with van der Waals surface area (Å²) in [7, 11) is 0. The monoisotopic (exact) mass is 589 g/mol. The van der Waals surface area contributed by atoms with E-state index < -0.39 is 12.1 Å². The Morgan fingerprint density at radius 1 is 1.16 bits per heavy atom. The van der Waals surface area contributed by atoms with Gasteiger partial charge in [0.2, 0.25) is 0 Å². The van der Waals surface area contributed by atoms with Gasteiger partial charge in [-0.1, -0.05) is 12.1 Å². The maximum absolute atomic E-state index is 13.5. The van der Waals surface area contributed by atoms with E-state index in [1.54, 1.807) is 18.7 Å². The van der Waals surface area contributed by atoms with E-state index in [1.165, 1.54) is 0 Å². The lowest BCUT2D eigenvalue weighted by molar-refractivity contribution is 0.0402. The summed E-state index contributed by atoms with van der Waals surface area (Å²) in [6.07, 6.45) is 1.15. The molecular weight excluding hydrogens is 558 g/mol. The van der Waals surface area contributed by atoms with Crippen molar-refractivity contribution in [2.75, 3.05) is 19.7 Å². The number of fused-ring (bicyclic) bond motifs is 1.